The third kappa shape index (κ3) is 4.55. The average Bonchev–Trinajstić information content (AvgIpc) is 3.57. The molecule has 0 atom stereocenters. The van der Waals surface area contributed by atoms with Crippen molar-refractivity contribution in [3.05, 3.63) is 157 Å². The molecule has 0 aliphatic carbocycles. The number of hydrogen-bond donors (Lipinski definition) is 0. The smallest absolute Gasteiger partial charge is 0.164 e. The van der Waals surface area contributed by atoms with Crippen molar-refractivity contribution in [1.82, 2.24) is 19.5 Å². The SMILES string of the molecule is [2H]c1c([2H])c([2H])c(-n2c3c([2H])c([2H])c([2H])c([2H])c3c3c([2H])c([2H])c(-c4nc(-c5ccccc5)nc(-c5ccc(-c6ccccc6)cc5)n4)c([2H])c32)c([2H])c1[2H]. The number of para-hydroxylation sites is 2. The van der Waals surface area contributed by atoms with Gasteiger partial charge in [-0.15, -0.1) is 0 Å². The maximum atomic E-state index is 9.66. The van der Waals surface area contributed by atoms with Gasteiger partial charge in [0, 0.05) is 33.2 Å². The average molecular weight is 563 g/mol. The van der Waals surface area contributed by atoms with E-state index in [0.29, 0.717) is 11.1 Å². The molecule has 202 valence electrons. The van der Waals surface area contributed by atoms with Gasteiger partial charge in [-0.25, -0.2) is 15.0 Å². The van der Waals surface area contributed by atoms with Crippen LogP contribution in [-0.2, 0) is 0 Å². The van der Waals surface area contributed by atoms with Gasteiger partial charge < -0.3 is 4.57 Å². The molecule has 2 heterocycles. The Hall–Kier alpha value is -5.87. The molecule has 0 N–H and O–H groups in total. The lowest BCUT2D eigenvalue weighted by Gasteiger charge is -2.10. The minimum atomic E-state index is -0.713. The van der Waals surface area contributed by atoms with Crippen molar-refractivity contribution in [3.63, 3.8) is 0 Å². The van der Waals surface area contributed by atoms with Crippen LogP contribution in [0.4, 0.5) is 0 Å². The molecule has 0 bridgehead atoms. The Balaban J connectivity index is 1.49. The summed E-state index contributed by atoms with van der Waals surface area (Å²) in [5.41, 5.74) is 1.77. The normalized spacial score (nSPS) is 15.2. The maximum Gasteiger partial charge on any atom is 0.164 e. The minimum Gasteiger partial charge on any atom is -0.309 e. The molecule has 8 rings (SSSR count). The summed E-state index contributed by atoms with van der Waals surface area (Å²) in [6.45, 7) is 0. The Kier molecular flexibility index (Phi) is 3.76. The van der Waals surface area contributed by atoms with Gasteiger partial charge in [-0.1, -0.05) is 133 Å². The Bertz CT molecular complexity index is 2850. The van der Waals surface area contributed by atoms with Crippen LogP contribution in [0.25, 0.3) is 72.8 Å². The van der Waals surface area contributed by atoms with Crippen molar-refractivity contribution in [2.75, 3.05) is 0 Å². The molecule has 8 aromatic rings. The third-order valence-corrected chi connectivity index (χ3v) is 7.01. The fraction of sp³-hybridized carbons (Fsp3) is 0. The molecule has 0 unspecified atom stereocenters. The highest BCUT2D eigenvalue weighted by Crippen LogP contribution is 2.35. The lowest BCUT2D eigenvalue weighted by molar-refractivity contribution is 1.07. The number of aromatic nitrogens is 4. The standard InChI is InChI=1S/C39H26N4/c1-4-12-27(13-5-1)28-20-22-30(23-21-28)38-40-37(29-14-6-2-7-15-29)41-39(42-38)31-24-25-34-33-18-10-11-19-35(33)43(36(34)26-31)32-16-8-3-9-17-32/h1-26H/i3D,8D,9D,10D,11D,16D,17D,18D,19D,24D,25D,26D. The van der Waals surface area contributed by atoms with Crippen LogP contribution in [-0.4, -0.2) is 19.5 Å². The van der Waals surface area contributed by atoms with E-state index in [1.165, 1.54) is 0 Å². The molecule has 0 radical (unpaired) electrons. The van der Waals surface area contributed by atoms with Crippen LogP contribution >= 0.6 is 0 Å². The van der Waals surface area contributed by atoms with Gasteiger partial charge in [0.1, 0.15) is 0 Å². The molecule has 0 fully saturated rings. The van der Waals surface area contributed by atoms with Gasteiger partial charge in [0.15, 0.2) is 17.5 Å². The molecule has 0 aliphatic heterocycles. The van der Waals surface area contributed by atoms with Crippen LogP contribution in [0.15, 0.2) is 157 Å². The Morgan fingerprint density at radius 1 is 0.419 bits per heavy atom. The number of fused-ring (bicyclic) bond motifs is 3. The Morgan fingerprint density at radius 2 is 0.930 bits per heavy atom. The first-order valence-electron chi connectivity index (χ1n) is 19.4. The predicted molar refractivity (Wildman–Crippen MR) is 176 cm³/mol. The zero-order valence-corrected chi connectivity index (χ0v) is 22.4. The highest BCUT2D eigenvalue weighted by Gasteiger charge is 2.16. The van der Waals surface area contributed by atoms with Gasteiger partial charge in [-0.05, 0) is 35.3 Å². The van der Waals surface area contributed by atoms with Crippen LogP contribution in [0.5, 0.6) is 0 Å². The lowest BCUT2D eigenvalue weighted by atomic mass is 10.0. The summed E-state index contributed by atoms with van der Waals surface area (Å²) in [6, 6.07) is 18.6. The Labute approximate surface area is 266 Å². The quantitative estimate of drug-likeness (QED) is 0.210. The molecule has 0 spiro atoms. The predicted octanol–water partition coefficient (Wildman–Crippen LogP) is 9.64. The summed E-state index contributed by atoms with van der Waals surface area (Å²) in [4.78, 5) is 14.1. The van der Waals surface area contributed by atoms with Gasteiger partial charge >= 0.3 is 0 Å². The maximum absolute atomic E-state index is 9.66. The van der Waals surface area contributed by atoms with Crippen LogP contribution < -0.4 is 0 Å². The van der Waals surface area contributed by atoms with E-state index in [1.807, 2.05) is 60.7 Å². The summed E-state index contributed by atoms with van der Waals surface area (Å²) in [5.74, 6) is 0.224. The monoisotopic (exact) mass is 562 g/mol. The highest BCUT2D eigenvalue weighted by molar-refractivity contribution is 6.10. The molecule has 0 aliphatic rings. The molecule has 0 amide bonds. The zero-order chi connectivity index (χ0) is 39.0. The molecular weight excluding hydrogens is 524 g/mol. The topological polar surface area (TPSA) is 43.6 Å². The van der Waals surface area contributed by atoms with Crippen molar-refractivity contribution >= 4 is 21.8 Å². The highest BCUT2D eigenvalue weighted by atomic mass is 15.0. The van der Waals surface area contributed by atoms with E-state index in [1.54, 1.807) is 24.3 Å². The molecule has 6 aromatic carbocycles. The van der Waals surface area contributed by atoms with Gasteiger partial charge in [0.25, 0.3) is 0 Å². The molecule has 0 saturated carbocycles. The minimum absolute atomic E-state index is 0.168. The van der Waals surface area contributed by atoms with E-state index in [4.69, 9.17) is 22.3 Å². The fourth-order valence-corrected chi connectivity index (χ4v) is 4.98. The second-order valence-corrected chi connectivity index (χ2v) is 9.62. The van der Waals surface area contributed by atoms with Crippen molar-refractivity contribution in [3.8, 4) is 51.0 Å². The first-order chi connectivity index (χ1) is 26.3. The van der Waals surface area contributed by atoms with Gasteiger partial charge in [0.2, 0.25) is 0 Å². The van der Waals surface area contributed by atoms with Crippen LogP contribution in [0, 0.1) is 0 Å². The van der Waals surface area contributed by atoms with Crippen LogP contribution in [0.2, 0.25) is 0 Å². The van der Waals surface area contributed by atoms with Gasteiger partial charge in [-0.3, -0.25) is 0 Å². The summed E-state index contributed by atoms with van der Waals surface area (Å²) in [5, 5.41) is -0.479. The number of rotatable bonds is 5. The number of benzene rings is 6. The first kappa shape index (κ1) is 15.4. The molecular formula is C39H26N4. The second kappa shape index (κ2) is 10.5. The van der Waals surface area contributed by atoms with E-state index in [9.17, 15) is 4.11 Å². The molecule has 2 aromatic heterocycles. The van der Waals surface area contributed by atoms with E-state index in [2.05, 4.69) is 4.98 Å². The molecule has 43 heavy (non-hydrogen) atoms. The molecule has 4 nitrogen and oxygen atoms in total. The van der Waals surface area contributed by atoms with Crippen molar-refractivity contribution in [2.45, 2.75) is 0 Å². The van der Waals surface area contributed by atoms with E-state index < -0.39 is 78.2 Å². The van der Waals surface area contributed by atoms with E-state index in [0.717, 1.165) is 15.7 Å². The van der Waals surface area contributed by atoms with Crippen LogP contribution in [0.3, 0.4) is 0 Å². The fourth-order valence-electron chi connectivity index (χ4n) is 4.98. The summed E-state index contributed by atoms with van der Waals surface area (Å²) < 4.78 is 106. The van der Waals surface area contributed by atoms with E-state index in [-0.39, 0.29) is 44.8 Å². The van der Waals surface area contributed by atoms with Crippen molar-refractivity contribution < 1.29 is 16.4 Å². The molecule has 4 heteroatoms. The lowest BCUT2D eigenvalue weighted by Crippen LogP contribution is -2.00. The van der Waals surface area contributed by atoms with Gasteiger partial charge in [0.05, 0.1) is 27.5 Å². The second-order valence-electron chi connectivity index (χ2n) is 9.62. The third-order valence-electron chi connectivity index (χ3n) is 7.01. The summed E-state index contributed by atoms with van der Waals surface area (Å²) in [7, 11) is 0. The number of nitrogens with zero attached hydrogens (tertiary/aromatic N) is 4. The largest absolute Gasteiger partial charge is 0.309 e. The Morgan fingerprint density at radius 3 is 1.63 bits per heavy atom. The summed E-state index contributed by atoms with van der Waals surface area (Å²) >= 11 is 0. The summed E-state index contributed by atoms with van der Waals surface area (Å²) in [6.07, 6.45) is 0. The van der Waals surface area contributed by atoms with Gasteiger partial charge in [-0.2, -0.15) is 0 Å². The molecule has 0 saturated heterocycles. The zero-order valence-electron chi connectivity index (χ0n) is 34.4. The number of hydrogen-bond acceptors (Lipinski definition) is 3. The van der Waals surface area contributed by atoms with Crippen molar-refractivity contribution in [2.24, 2.45) is 0 Å². The van der Waals surface area contributed by atoms with Crippen molar-refractivity contribution in [1.29, 1.82) is 0 Å². The van der Waals surface area contributed by atoms with Crippen LogP contribution in [0.1, 0.15) is 16.4 Å². The first-order valence-corrected chi connectivity index (χ1v) is 13.4. The van der Waals surface area contributed by atoms with E-state index >= 15 is 0 Å².